The number of aliphatic carboxylic acids is 2. The summed E-state index contributed by atoms with van der Waals surface area (Å²) in [7, 11) is 0. The molecule has 4 rings (SSSR count). The zero-order valence-corrected chi connectivity index (χ0v) is 24.2. The lowest BCUT2D eigenvalue weighted by molar-refractivity contribution is -0.139. The van der Waals surface area contributed by atoms with Crippen LogP contribution in [0.25, 0.3) is 11.1 Å². The Labute approximate surface area is 255 Å². The highest BCUT2D eigenvalue weighted by Gasteiger charge is 2.23. The maximum absolute atomic E-state index is 13.2. The summed E-state index contributed by atoms with van der Waals surface area (Å²) < 4.78 is 5.85. The molecule has 0 saturated carbocycles. The number of halogens is 1. The minimum atomic E-state index is -1.05. The molecule has 0 aliphatic heterocycles. The number of anilines is 1. The molecule has 0 aliphatic rings. The molecule has 0 fully saturated rings. The van der Waals surface area contributed by atoms with E-state index in [0.717, 1.165) is 16.9 Å². The SMILES string of the molecule is O=C(O)CCCCCN(C(=O)NCC(C(=O)O)c1ccc(-c2ccc(Oc3ccccc3)cc2)cc1)c1ccc(Cl)cc1. The van der Waals surface area contributed by atoms with Gasteiger partial charge in [0.25, 0.3) is 0 Å². The molecule has 3 N–H and O–H groups in total. The second-order valence-electron chi connectivity index (χ2n) is 9.97. The number of carbonyl (C=O) groups is 3. The number of carbonyl (C=O) groups excluding carboxylic acids is 1. The normalized spacial score (nSPS) is 11.4. The van der Waals surface area contributed by atoms with Gasteiger partial charge in [-0.05, 0) is 78.1 Å². The fraction of sp³-hybridized carbons (Fsp3) is 0.206. The smallest absolute Gasteiger partial charge is 0.321 e. The number of nitrogens with zero attached hydrogens (tertiary/aromatic N) is 1. The van der Waals surface area contributed by atoms with Gasteiger partial charge in [-0.2, -0.15) is 0 Å². The third-order valence-corrected chi connectivity index (χ3v) is 7.14. The molecule has 1 atom stereocenters. The molecule has 43 heavy (non-hydrogen) atoms. The molecule has 0 saturated heterocycles. The number of rotatable bonds is 14. The number of ether oxygens (including phenoxy) is 1. The Balaban J connectivity index is 1.39. The average Bonchev–Trinajstić information content (AvgIpc) is 3.00. The van der Waals surface area contributed by atoms with E-state index in [9.17, 15) is 19.5 Å². The number of urea groups is 1. The number of para-hydroxylation sites is 1. The Morgan fingerprint density at radius 3 is 1.95 bits per heavy atom. The van der Waals surface area contributed by atoms with E-state index in [2.05, 4.69) is 5.32 Å². The van der Waals surface area contributed by atoms with Crippen LogP contribution in [0.1, 0.15) is 37.2 Å². The lowest BCUT2D eigenvalue weighted by Gasteiger charge is -2.24. The molecule has 0 aromatic heterocycles. The van der Waals surface area contributed by atoms with E-state index in [1.165, 1.54) is 4.90 Å². The number of nitrogens with one attached hydrogen (secondary N) is 1. The Bertz CT molecular complexity index is 1490. The van der Waals surface area contributed by atoms with Crippen molar-refractivity contribution in [2.75, 3.05) is 18.0 Å². The van der Waals surface area contributed by atoms with E-state index in [1.54, 1.807) is 36.4 Å². The Morgan fingerprint density at radius 2 is 1.35 bits per heavy atom. The number of benzene rings is 4. The van der Waals surface area contributed by atoms with Crippen LogP contribution >= 0.6 is 11.6 Å². The molecule has 4 aromatic rings. The Morgan fingerprint density at radius 1 is 0.744 bits per heavy atom. The lowest BCUT2D eigenvalue weighted by atomic mass is 9.96. The fourth-order valence-electron chi connectivity index (χ4n) is 4.57. The summed E-state index contributed by atoms with van der Waals surface area (Å²) >= 11 is 6.02. The van der Waals surface area contributed by atoms with Crippen molar-refractivity contribution in [1.29, 1.82) is 0 Å². The molecular formula is C34H33ClN2O6. The number of hydrogen-bond donors (Lipinski definition) is 3. The van der Waals surface area contributed by atoms with Crippen molar-refractivity contribution < 1.29 is 29.3 Å². The van der Waals surface area contributed by atoms with Gasteiger partial charge < -0.3 is 20.3 Å². The summed E-state index contributed by atoms with van der Waals surface area (Å²) in [5, 5.41) is 22.1. The van der Waals surface area contributed by atoms with Crippen LogP contribution in [0.3, 0.4) is 0 Å². The first-order valence-electron chi connectivity index (χ1n) is 14.0. The number of hydrogen-bond acceptors (Lipinski definition) is 4. The van der Waals surface area contributed by atoms with Crippen molar-refractivity contribution in [3.8, 4) is 22.6 Å². The first kappa shape index (κ1) is 31.1. The van der Waals surface area contributed by atoms with E-state index >= 15 is 0 Å². The van der Waals surface area contributed by atoms with Crippen molar-refractivity contribution >= 4 is 35.3 Å². The molecular weight excluding hydrogens is 568 g/mol. The topological polar surface area (TPSA) is 116 Å². The van der Waals surface area contributed by atoms with Gasteiger partial charge in [-0.15, -0.1) is 0 Å². The van der Waals surface area contributed by atoms with Crippen molar-refractivity contribution in [3.63, 3.8) is 0 Å². The molecule has 4 aromatic carbocycles. The molecule has 0 heterocycles. The number of unbranched alkanes of at least 4 members (excludes halogenated alkanes) is 2. The van der Waals surface area contributed by atoms with Crippen LogP contribution < -0.4 is 15.0 Å². The molecule has 0 radical (unpaired) electrons. The summed E-state index contributed by atoms with van der Waals surface area (Å²) in [6.45, 7) is 0.233. The lowest BCUT2D eigenvalue weighted by Crippen LogP contribution is -2.43. The van der Waals surface area contributed by atoms with Gasteiger partial charge in [-0.25, -0.2) is 4.79 Å². The molecule has 0 spiro atoms. The number of amides is 2. The molecule has 2 amide bonds. The Kier molecular flexibility index (Phi) is 11.2. The maximum Gasteiger partial charge on any atom is 0.321 e. The second-order valence-corrected chi connectivity index (χ2v) is 10.4. The summed E-state index contributed by atoms with van der Waals surface area (Å²) in [4.78, 5) is 37.7. The molecule has 222 valence electrons. The summed E-state index contributed by atoms with van der Waals surface area (Å²) in [5.74, 6) is -1.41. The van der Waals surface area contributed by atoms with Crippen LogP contribution in [0.15, 0.2) is 103 Å². The fourth-order valence-corrected chi connectivity index (χ4v) is 4.70. The van der Waals surface area contributed by atoms with Crippen molar-refractivity contribution in [3.05, 3.63) is 114 Å². The van der Waals surface area contributed by atoms with E-state index in [-0.39, 0.29) is 13.0 Å². The van der Waals surface area contributed by atoms with Crippen LogP contribution in [0, 0.1) is 0 Å². The van der Waals surface area contributed by atoms with Crippen molar-refractivity contribution in [2.24, 2.45) is 0 Å². The van der Waals surface area contributed by atoms with Gasteiger partial charge in [0.15, 0.2) is 0 Å². The minimum Gasteiger partial charge on any atom is -0.481 e. The van der Waals surface area contributed by atoms with Crippen LogP contribution in [0.5, 0.6) is 11.5 Å². The van der Waals surface area contributed by atoms with Crippen LogP contribution in [0.4, 0.5) is 10.5 Å². The van der Waals surface area contributed by atoms with E-state index in [1.807, 2.05) is 66.7 Å². The van der Waals surface area contributed by atoms with E-state index in [4.69, 9.17) is 21.4 Å². The zero-order chi connectivity index (χ0) is 30.6. The van der Waals surface area contributed by atoms with Gasteiger partial charge in [0, 0.05) is 30.2 Å². The van der Waals surface area contributed by atoms with Crippen LogP contribution in [-0.4, -0.2) is 41.3 Å². The standard InChI is InChI=1S/C34H33ClN2O6/c35-27-16-18-28(19-17-27)37(22-6-2-5-9-32(38)39)34(42)36-23-31(33(40)41)26-12-10-24(11-13-26)25-14-20-30(21-15-25)43-29-7-3-1-4-8-29/h1,3-4,7-8,10-21,31H,2,5-6,9,22-23H2,(H,36,42)(H,38,39)(H,40,41). The first-order chi connectivity index (χ1) is 20.8. The molecule has 1 unspecified atom stereocenters. The highest BCUT2D eigenvalue weighted by atomic mass is 35.5. The Hall–Kier alpha value is -4.82. The van der Waals surface area contributed by atoms with Gasteiger partial charge in [-0.1, -0.05) is 72.6 Å². The quantitative estimate of drug-likeness (QED) is 0.127. The largest absolute Gasteiger partial charge is 0.481 e. The van der Waals surface area contributed by atoms with Crippen LogP contribution in [-0.2, 0) is 9.59 Å². The van der Waals surface area contributed by atoms with Crippen molar-refractivity contribution in [2.45, 2.75) is 31.6 Å². The van der Waals surface area contributed by atoms with E-state index in [0.29, 0.717) is 47.8 Å². The summed E-state index contributed by atoms with van der Waals surface area (Å²) in [6, 6.07) is 30.7. The first-order valence-corrected chi connectivity index (χ1v) is 14.4. The van der Waals surface area contributed by atoms with Crippen molar-refractivity contribution in [1.82, 2.24) is 5.32 Å². The minimum absolute atomic E-state index is 0.0696. The monoisotopic (exact) mass is 600 g/mol. The molecule has 0 aliphatic carbocycles. The van der Waals surface area contributed by atoms with Gasteiger partial charge in [-0.3, -0.25) is 14.5 Å². The molecule has 0 bridgehead atoms. The van der Waals surface area contributed by atoms with Gasteiger partial charge >= 0.3 is 18.0 Å². The summed E-state index contributed by atoms with van der Waals surface area (Å²) in [5.41, 5.74) is 3.04. The third kappa shape index (κ3) is 9.34. The molecule has 8 nitrogen and oxygen atoms in total. The summed E-state index contributed by atoms with van der Waals surface area (Å²) in [6.07, 6.45) is 1.80. The predicted octanol–water partition coefficient (Wildman–Crippen LogP) is 7.83. The van der Waals surface area contributed by atoms with E-state index < -0.39 is 23.9 Å². The highest BCUT2D eigenvalue weighted by Crippen LogP contribution is 2.27. The average molecular weight is 601 g/mol. The second kappa shape index (κ2) is 15.4. The third-order valence-electron chi connectivity index (χ3n) is 6.89. The zero-order valence-electron chi connectivity index (χ0n) is 23.5. The van der Waals surface area contributed by atoms with Gasteiger partial charge in [0.2, 0.25) is 0 Å². The highest BCUT2D eigenvalue weighted by molar-refractivity contribution is 6.30. The number of carboxylic acids is 2. The van der Waals surface area contributed by atoms with Gasteiger partial charge in [0.05, 0.1) is 5.92 Å². The van der Waals surface area contributed by atoms with Gasteiger partial charge in [0.1, 0.15) is 11.5 Å². The predicted molar refractivity (Wildman–Crippen MR) is 167 cm³/mol. The number of carboxylic acid groups (broad SMARTS) is 2. The molecule has 9 heteroatoms. The van der Waals surface area contributed by atoms with Crippen LogP contribution in [0.2, 0.25) is 5.02 Å². The maximum atomic E-state index is 13.2.